The number of sulfonamides is 1. The monoisotopic (exact) mass is 529 g/mol. The standard InChI is InChI=1S/C25H32ClN7O2S/c1-14-10-32(11-15(2)23(14)31-36(34,35)17-4-5-17)25-19-12-33(16(3)8-20(19)28-13-29-25)21-9-22(26)30-24-18(21)6-7-27-24/h6-7,9,13-17,23,31H,4-5,8,10-12H2,1-3H3,(H,27,30)/t14-,15+,16-,23?/m1/s1. The van der Waals surface area contributed by atoms with Gasteiger partial charge in [0.1, 0.15) is 22.9 Å². The largest absolute Gasteiger partial charge is 0.363 e. The highest BCUT2D eigenvalue weighted by Gasteiger charge is 2.42. The zero-order valence-electron chi connectivity index (χ0n) is 20.8. The van der Waals surface area contributed by atoms with E-state index in [0.29, 0.717) is 11.7 Å². The van der Waals surface area contributed by atoms with E-state index >= 15 is 0 Å². The van der Waals surface area contributed by atoms with Crippen LogP contribution in [0.15, 0.2) is 24.7 Å². The number of nitrogens with zero attached hydrogens (tertiary/aromatic N) is 5. The number of aromatic amines is 1. The second-order valence-corrected chi connectivity index (χ2v) is 13.1. The molecule has 0 aromatic carbocycles. The molecule has 3 aliphatic rings. The number of hydrogen-bond donors (Lipinski definition) is 2. The summed E-state index contributed by atoms with van der Waals surface area (Å²) in [6.07, 6.45) is 5.91. The molecule has 1 saturated heterocycles. The fourth-order valence-corrected chi connectivity index (χ4v) is 7.92. The van der Waals surface area contributed by atoms with E-state index in [1.807, 2.05) is 18.3 Å². The fourth-order valence-electron chi connectivity index (χ4n) is 5.94. The summed E-state index contributed by atoms with van der Waals surface area (Å²) in [5, 5.41) is 1.30. The van der Waals surface area contributed by atoms with E-state index in [1.54, 1.807) is 6.33 Å². The van der Waals surface area contributed by atoms with Crippen molar-refractivity contribution in [3.05, 3.63) is 41.1 Å². The van der Waals surface area contributed by atoms with Gasteiger partial charge in [-0.15, -0.1) is 0 Å². The van der Waals surface area contributed by atoms with Crippen molar-refractivity contribution in [1.82, 2.24) is 24.7 Å². The van der Waals surface area contributed by atoms with Crippen molar-refractivity contribution in [2.45, 2.75) is 63.9 Å². The van der Waals surface area contributed by atoms with Gasteiger partial charge in [-0.2, -0.15) is 0 Å². The first-order chi connectivity index (χ1) is 17.2. The van der Waals surface area contributed by atoms with Crippen molar-refractivity contribution >= 4 is 44.2 Å². The Labute approximate surface area is 216 Å². The van der Waals surface area contributed by atoms with Gasteiger partial charge < -0.3 is 14.8 Å². The van der Waals surface area contributed by atoms with Crippen molar-refractivity contribution in [2.75, 3.05) is 22.9 Å². The third kappa shape index (κ3) is 4.22. The lowest BCUT2D eigenvalue weighted by Crippen LogP contribution is -2.56. The molecule has 11 heteroatoms. The first kappa shape index (κ1) is 23.9. The summed E-state index contributed by atoms with van der Waals surface area (Å²) in [6.45, 7) is 8.62. The minimum absolute atomic E-state index is 0.0677. The summed E-state index contributed by atoms with van der Waals surface area (Å²) in [6, 6.07) is 4.14. The maximum absolute atomic E-state index is 12.6. The topological polar surface area (TPSA) is 107 Å². The Kier molecular flexibility index (Phi) is 5.88. The third-order valence-corrected chi connectivity index (χ3v) is 10.1. The molecule has 3 aromatic rings. The fraction of sp³-hybridized carbons (Fsp3) is 0.560. The highest BCUT2D eigenvalue weighted by molar-refractivity contribution is 7.90. The van der Waals surface area contributed by atoms with Crippen molar-refractivity contribution in [1.29, 1.82) is 0 Å². The molecule has 1 aliphatic carbocycles. The lowest BCUT2D eigenvalue weighted by Gasteiger charge is -2.44. The van der Waals surface area contributed by atoms with E-state index in [4.69, 9.17) is 16.6 Å². The Hall–Kier alpha value is -2.43. The molecule has 192 valence electrons. The molecule has 36 heavy (non-hydrogen) atoms. The number of rotatable bonds is 5. The number of pyridine rings is 1. The predicted octanol–water partition coefficient (Wildman–Crippen LogP) is 3.50. The van der Waals surface area contributed by atoms with Gasteiger partial charge >= 0.3 is 0 Å². The highest BCUT2D eigenvalue weighted by atomic mass is 35.5. The van der Waals surface area contributed by atoms with Gasteiger partial charge in [-0.3, -0.25) is 0 Å². The van der Waals surface area contributed by atoms with Crippen LogP contribution in [0.3, 0.4) is 0 Å². The molecule has 2 aliphatic heterocycles. The van der Waals surface area contributed by atoms with E-state index in [9.17, 15) is 8.42 Å². The Morgan fingerprint density at radius 2 is 1.89 bits per heavy atom. The summed E-state index contributed by atoms with van der Waals surface area (Å²) in [4.78, 5) is 21.7. The van der Waals surface area contributed by atoms with Gasteiger partial charge in [-0.05, 0) is 43.7 Å². The van der Waals surface area contributed by atoms with Crippen LogP contribution in [0.4, 0.5) is 11.5 Å². The first-order valence-corrected chi connectivity index (χ1v) is 14.6. The molecule has 3 aromatic heterocycles. The molecule has 9 nitrogen and oxygen atoms in total. The molecule has 4 atom stereocenters. The van der Waals surface area contributed by atoms with Crippen LogP contribution in [-0.4, -0.2) is 58.8 Å². The summed E-state index contributed by atoms with van der Waals surface area (Å²) in [5.41, 5.74) is 4.03. The van der Waals surface area contributed by atoms with Gasteiger partial charge in [-0.1, -0.05) is 25.4 Å². The van der Waals surface area contributed by atoms with Crippen LogP contribution >= 0.6 is 11.6 Å². The van der Waals surface area contributed by atoms with E-state index in [0.717, 1.165) is 66.1 Å². The molecular formula is C25H32ClN7O2S. The zero-order valence-corrected chi connectivity index (χ0v) is 22.3. The van der Waals surface area contributed by atoms with Crippen molar-refractivity contribution in [2.24, 2.45) is 11.8 Å². The van der Waals surface area contributed by atoms with E-state index in [2.05, 4.69) is 50.2 Å². The minimum atomic E-state index is -3.23. The van der Waals surface area contributed by atoms with Gasteiger partial charge in [0.25, 0.3) is 0 Å². The van der Waals surface area contributed by atoms with Crippen molar-refractivity contribution < 1.29 is 8.42 Å². The Bertz CT molecular complexity index is 1390. The molecule has 0 radical (unpaired) electrons. The second kappa shape index (κ2) is 8.85. The van der Waals surface area contributed by atoms with Crippen LogP contribution in [0.5, 0.6) is 0 Å². The highest BCUT2D eigenvalue weighted by Crippen LogP contribution is 2.38. The quantitative estimate of drug-likeness (QED) is 0.487. The van der Waals surface area contributed by atoms with Gasteiger partial charge in [0.2, 0.25) is 10.0 Å². The summed E-state index contributed by atoms with van der Waals surface area (Å²) < 4.78 is 28.3. The minimum Gasteiger partial charge on any atom is -0.363 e. The van der Waals surface area contributed by atoms with Gasteiger partial charge in [0.15, 0.2) is 0 Å². The zero-order chi connectivity index (χ0) is 25.2. The third-order valence-electron chi connectivity index (χ3n) is 7.95. The number of hydrogen-bond acceptors (Lipinski definition) is 7. The van der Waals surface area contributed by atoms with Crippen LogP contribution in [0.1, 0.15) is 44.9 Å². The molecule has 1 unspecified atom stereocenters. The summed E-state index contributed by atoms with van der Waals surface area (Å²) in [7, 11) is -3.23. The van der Waals surface area contributed by atoms with Crippen LogP contribution in [0, 0.1) is 11.8 Å². The summed E-state index contributed by atoms with van der Waals surface area (Å²) >= 11 is 6.38. The molecular weight excluding hydrogens is 498 g/mol. The second-order valence-electron chi connectivity index (χ2n) is 10.8. The van der Waals surface area contributed by atoms with Crippen molar-refractivity contribution in [3.8, 4) is 0 Å². The molecule has 0 amide bonds. The Morgan fingerprint density at radius 1 is 1.14 bits per heavy atom. The van der Waals surface area contributed by atoms with E-state index in [-0.39, 0.29) is 29.2 Å². The molecule has 6 rings (SSSR count). The van der Waals surface area contributed by atoms with Crippen LogP contribution in [0.25, 0.3) is 11.0 Å². The Morgan fingerprint density at radius 3 is 2.61 bits per heavy atom. The maximum atomic E-state index is 12.6. The molecule has 2 N–H and O–H groups in total. The lowest BCUT2D eigenvalue weighted by atomic mass is 9.86. The number of anilines is 2. The predicted molar refractivity (Wildman–Crippen MR) is 142 cm³/mol. The molecule has 0 spiro atoms. The SMILES string of the molecule is C[C@@H]1CN(c2ncnc3c2CN(c2cc(Cl)nc4[nH]ccc24)[C@H](C)C3)C[C@H](C)C1NS(=O)(=O)C1CC1. The number of H-pyrrole nitrogens is 1. The normalized spacial score (nSPS) is 26.9. The van der Waals surface area contributed by atoms with Crippen LogP contribution < -0.4 is 14.5 Å². The van der Waals surface area contributed by atoms with Gasteiger partial charge in [-0.25, -0.2) is 28.1 Å². The Balaban J connectivity index is 1.29. The van der Waals surface area contributed by atoms with Crippen LogP contribution in [-0.2, 0) is 23.0 Å². The van der Waals surface area contributed by atoms with Crippen LogP contribution in [0.2, 0.25) is 5.15 Å². The average Bonchev–Trinajstić information content (AvgIpc) is 3.59. The van der Waals surface area contributed by atoms with Gasteiger partial charge in [0, 0.05) is 55.3 Å². The summed E-state index contributed by atoms with van der Waals surface area (Å²) in [5.74, 6) is 1.26. The van der Waals surface area contributed by atoms with E-state index in [1.165, 1.54) is 0 Å². The van der Waals surface area contributed by atoms with Gasteiger partial charge in [0.05, 0.1) is 16.6 Å². The average molecular weight is 530 g/mol. The maximum Gasteiger partial charge on any atom is 0.214 e. The number of piperidine rings is 1. The van der Waals surface area contributed by atoms with E-state index < -0.39 is 10.0 Å². The lowest BCUT2D eigenvalue weighted by molar-refractivity contribution is 0.276. The first-order valence-electron chi connectivity index (χ1n) is 12.7. The number of aromatic nitrogens is 4. The van der Waals surface area contributed by atoms with Crippen molar-refractivity contribution in [3.63, 3.8) is 0 Å². The molecule has 2 fully saturated rings. The molecule has 1 saturated carbocycles. The smallest absolute Gasteiger partial charge is 0.214 e. The molecule has 0 bridgehead atoms. The molecule has 5 heterocycles. The number of nitrogens with one attached hydrogen (secondary N) is 2. The number of fused-ring (bicyclic) bond motifs is 2. The number of halogens is 1.